The van der Waals surface area contributed by atoms with Crippen molar-refractivity contribution in [2.75, 3.05) is 4.93 Å². The smallest absolute Gasteiger partial charge is 0.249 e. The van der Waals surface area contributed by atoms with E-state index in [4.69, 9.17) is 8.83 Å². The minimum absolute atomic E-state index is 0.904. The van der Waals surface area contributed by atoms with E-state index in [1.54, 1.807) is 0 Å². The molecule has 0 amide bonds. The van der Waals surface area contributed by atoms with Crippen LogP contribution >= 0.6 is 22.6 Å². The van der Waals surface area contributed by atoms with Crippen LogP contribution in [0.15, 0.2) is 119 Å². The number of benzene rings is 4. The molecule has 0 fully saturated rings. The predicted molar refractivity (Wildman–Crippen MR) is 174 cm³/mol. The van der Waals surface area contributed by atoms with Gasteiger partial charge >= 0.3 is 0 Å². The molecule has 4 heterocycles. The van der Waals surface area contributed by atoms with Gasteiger partial charge in [-0.2, -0.15) is 4.57 Å². The molecule has 0 aliphatic carbocycles. The van der Waals surface area contributed by atoms with Crippen molar-refractivity contribution in [1.82, 2.24) is 14.1 Å². The molecule has 0 aliphatic rings. The number of para-hydroxylation sites is 4. The summed E-state index contributed by atoms with van der Waals surface area (Å²) in [5.74, 6) is 0. The first-order chi connectivity index (χ1) is 20.1. The van der Waals surface area contributed by atoms with Crippen molar-refractivity contribution >= 4 is 66.5 Å². The number of hydrogen-bond donors (Lipinski definition) is 0. The molecule has 41 heavy (non-hydrogen) atoms. The fourth-order valence-electron chi connectivity index (χ4n) is 5.16. The predicted octanol–water partition coefficient (Wildman–Crippen LogP) is 8.64. The Balaban J connectivity index is 0.000000139. The average molecular weight is 654 g/mol. The molecule has 204 valence electrons. The van der Waals surface area contributed by atoms with Crippen molar-refractivity contribution in [1.29, 1.82) is 0 Å². The number of aryl methyl sites for hydroxylation is 3. The SMILES string of the molecule is CI.Cc1c[n+](-c2cccc3c2oc2ccccc23)cn1C.Cc1cn(-c2cccc3c2oc2ccccc23)cn1. The van der Waals surface area contributed by atoms with E-state index in [9.17, 15) is 0 Å². The Labute approximate surface area is 251 Å². The van der Waals surface area contributed by atoms with Crippen molar-refractivity contribution < 1.29 is 13.4 Å². The number of alkyl halides is 1. The van der Waals surface area contributed by atoms with Crippen molar-refractivity contribution in [3.8, 4) is 11.4 Å². The number of nitrogens with zero attached hydrogens (tertiary/aromatic N) is 4. The molecule has 0 bridgehead atoms. The number of furan rings is 2. The van der Waals surface area contributed by atoms with Crippen molar-refractivity contribution in [2.45, 2.75) is 13.8 Å². The van der Waals surface area contributed by atoms with Crippen LogP contribution in [0.4, 0.5) is 0 Å². The third kappa shape index (κ3) is 4.91. The van der Waals surface area contributed by atoms with Crippen LogP contribution in [0.1, 0.15) is 11.4 Å². The molecule has 7 heteroatoms. The van der Waals surface area contributed by atoms with Gasteiger partial charge in [0.1, 0.15) is 23.1 Å². The molecule has 0 N–H and O–H groups in total. The second kappa shape index (κ2) is 11.2. The number of halogens is 1. The normalized spacial score (nSPS) is 11.0. The summed E-state index contributed by atoms with van der Waals surface area (Å²) in [6, 6.07) is 28.7. The van der Waals surface area contributed by atoms with Gasteiger partial charge in [0.05, 0.1) is 24.8 Å². The molecule has 0 saturated carbocycles. The minimum Gasteiger partial charge on any atom is -0.454 e. The first kappa shape index (κ1) is 26.8. The third-order valence-corrected chi connectivity index (χ3v) is 7.21. The number of hydrogen-bond acceptors (Lipinski definition) is 3. The number of imidazole rings is 2. The second-order valence-electron chi connectivity index (χ2n) is 9.83. The van der Waals surface area contributed by atoms with Gasteiger partial charge in [0.25, 0.3) is 0 Å². The number of fused-ring (bicyclic) bond motifs is 6. The van der Waals surface area contributed by atoms with Gasteiger partial charge < -0.3 is 13.4 Å². The molecular formula is C34H30IN4O2+. The molecule has 4 aromatic heterocycles. The van der Waals surface area contributed by atoms with E-state index in [1.165, 1.54) is 5.69 Å². The quantitative estimate of drug-likeness (QED) is 0.107. The Kier molecular flexibility index (Phi) is 7.36. The largest absolute Gasteiger partial charge is 0.454 e. The van der Waals surface area contributed by atoms with E-state index in [0.717, 1.165) is 60.9 Å². The highest BCUT2D eigenvalue weighted by Crippen LogP contribution is 2.33. The minimum atomic E-state index is 0.904. The van der Waals surface area contributed by atoms with E-state index in [0.29, 0.717) is 0 Å². The Morgan fingerprint density at radius 1 is 0.707 bits per heavy atom. The van der Waals surface area contributed by atoms with Gasteiger partial charge in [-0.1, -0.05) is 83.3 Å². The summed E-state index contributed by atoms with van der Waals surface area (Å²) in [6.07, 6.45) is 8.00. The van der Waals surface area contributed by atoms with Gasteiger partial charge in [-0.3, -0.25) is 0 Å². The fourth-order valence-corrected chi connectivity index (χ4v) is 5.16. The molecule has 8 rings (SSSR count). The lowest BCUT2D eigenvalue weighted by Crippen LogP contribution is -2.27. The van der Waals surface area contributed by atoms with E-state index in [1.807, 2.05) is 78.5 Å². The summed E-state index contributed by atoms with van der Waals surface area (Å²) in [7, 11) is 2.05. The van der Waals surface area contributed by atoms with Crippen molar-refractivity contribution in [3.63, 3.8) is 0 Å². The third-order valence-electron chi connectivity index (χ3n) is 7.21. The van der Waals surface area contributed by atoms with Crippen LogP contribution in [0, 0.1) is 13.8 Å². The van der Waals surface area contributed by atoms with Crippen LogP contribution < -0.4 is 4.57 Å². The van der Waals surface area contributed by atoms with Crippen LogP contribution in [0.2, 0.25) is 0 Å². The van der Waals surface area contributed by atoms with Crippen LogP contribution in [-0.2, 0) is 7.05 Å². The molecule has 0 unspecified atom stereocenters. The lowest BCUT2D eigenvalue weighted by Gasteiger charge is -2.01. The Bertz CT molecular complexity index is 2110. The molecule has 0 saturated heterocycles. The molecular weight excluding hydrogens is 623 g/mol. The first-order valence-electron chi connectivity index (χ1n) is 13.3. The molecule has 0 aliphatic heterocycles. The average Bonchev–Trinajstić information content (AvgIpc) is 3.78. The zero-order chi connectivity index (χ0) is 28.5. The zero-order valence-electron chi connectivity index (χ0n) is 23.4. The molecule has 8 aromatic rings. The summed E-state index contributed by atoms with van der Waals surface area (Å²) in [5, 5.41) is 4.61. The van der Waals surface area contributed by atoms with Crippen molar-refractivity contribution in [2.24, 2.45) is 7.05 Å². The first-order valence-corrected chi connectivity index (χ1v) is 15.5. The van der Waals surface area contributed by atoms with Gasteiger partial charge in [0, 0.05) is 34.7 Å². The lowest BCUT2D eigenvalue weighted by molar-refractivity contribution is -0.594. The highest BCUT2D eigenvalue weighted by atomic mass is 127. The van der Waals surface area contributed by atoms with Crippen LogP contribution in [0.25, 0.3) is 55.3 Å². The van der Waals surface area contributed by atoms with Gasteiger partial charge in [0.2, 0.25) is 6.33 Å². The second-order valence-corrected chi connectivity index (χ2v) is 9.83. The maximum absolute atomic E-state index is 6.06. The molecule has 6 nitrogen and oxygen atoms in total. The van der Waals surface area contributed by atoms with Gasteiger partial charge in [-0.05, 0) is 36.1 Å². The summed E-state index contributed by atoms with van der Waals surface area (Å²) in [4.78, 5) is 6.25. The summed E-state index contributed by atoms with van der Waals surface area (Å²) >= 11 is 2.15. The zero-order valence-corrected chi connectivity index (χ0v) is 25.5. The van der Waals surface area contributed by atoms with E-state index in [2.05, 4.69) is 98.6 Å². The number of aromatic nitrogens is 4. The maximum Gasteiger partial charge on any atom is 0.249 e. The van der Waals surface area contributed by atoms with Crippen molar-refractivity contribution in [3.05, 3.63) is 121 Å². The van der Waals surface area contributed by atoms with Crippen LogP contribution in [0.3, 0.4) is 0 Å². The van der Waals surface area contributed by atoms with Gasteiger partial charge in [-0.15, -0.1) is 0 Å². The topological polar surface area (TPSA) is 52.9 Å². The van der Waals surface area contributed by atoms with E-state index < -0.39 is 0 Å². The summed E-state index contributed by atoms with van der Waals surface area (Å²) < 4.78 is 18.3. The van der Waals surface area contributed by atoms with Gasteiger partial charge in [0.15, 0.2) is 16.9 Å². The molecule has 0 radical (unpaired) electrons. The maximum atomic E-state index is 6.06. The van der Waals surface area contributed by atoms with Crippen LogP contribution in [-0.4, -0.2) is 19.0 Å². The Hall–Kier alpha value is -4.37. The van der Waals surface area contributed by atoms with Crippen LogP contribution in [0.5, 0.6) is 0 Å². The highest BCUT2D eigenvalue weighted by molar-refractivity contribution is 14.1. The Morgan fingerprint density at radius 3 is 1.90 bits per heavy atom. The standard InChI is InChI=1S/C17H15N2O.C16H12N2O.CH3I/c1-12-10-19(11-18(12)2)15-8-5-7-14-13-6-3-4-9-16(13)20-17(14)15;1-11-9-18(10-17-11)14-7-4-6-13-12-5-2-3-8-15(12)19-16(13)14;1-2/h3-11H,1-2H3;2-10H,1H3;1H3/q+1;;. The highest BCUT2D eigenvalue weighted by Gasteiger charge is 2.16. The van der Waals surface area contributed by atoms with Gasteiger partial charge in [-0.25, -0.2) is 9.55 Å². The van der Waals surface area contributed by atoms with E-state index in [-0.39, 0.29) is 0 Å². The molecule has 0 atom stereocenters. The van der Waals surface area contributed by atoms with E-state index >= 15 is 0 Å². The lowest BCUT2D eigenvalue weighted by atomic mass is 10.1. The fraction of sp³-hybridized carbons (Fsp3) is 0.118. The summed E-state index contributed by atoms with van der Waals surface area (Å²) in [6.45, 7) is 4.07. The Morgan fingerprint density at radius 2 is 1.29 bits per heavy atom. The monoisotopic (exact) mass is 653 g/mol. The summed E-state index contributed by atoms with van der Waals surface area (Å²) in [5.41, 5.74) is 7.98. The molecule has 4 aromatic carbocycles. The number of rotatable bonds is 2. The molecule has 0 spiro atoms.